The second-order valence-corrected chi connectivity index (χ2v) is 4.71. The molecule has 0 aromatic heterocycles. The molecule has 104 valence electrons. The lowest BCUT2D eigenvalue weighted by Gasteiger charge is -2.18. The van der Waals surface area contributed by atoms with Gasteiger partial charge in [-0.2, -0.15) is 0 Å². The molecule has 0 spiro atoms. The molecular weight excluding hydrogens is 252 g/mol. The second-order valence-electron chi connectivity index (χ2n) is 4.71. The summed E-state index contributed by atoms with van der Waals surface area (Å²) in [4.78, 5) is 13.8. The predicted octanol–water partition coefficient (Wildman–Crippen LogP) is 2.29. The standard InChI is InChI=1S/C16H18N2O2/c1-18(11-10-12-6-3-2-4-7-12)16(20)13-8-5-9-14(17)15(13)19/h2-9,19H,10-11,17H2,1H3. The molecule has 4 heteroatoms. The van der Waals surface area contributed by atoms with Crippen molar-refractivity contribution in [3.63, 3.8) is 0 Å². The number of para-hydroxylation sites is 1. The van der Waals surface area contributed by atoms with Crippen LogP contribution in [0.2, 0.25) is 0 Å². The van der Waals surface area contributed by atoms with Gasteiger partial charge in [-0.1, -0.05) is 36.4 Å². The van der Waals surface area contributed by atoms with Crippen molar-refractivity contribution in [2.24, 2.45) is 0 Å². The molecule has 0 unspecified atom stereocenters. The number of benzene rings is 2. The van der Waals surface area contributed by atoms with Crippen LogP contribution in [0.3, 0.4) is 0 Å². The average Bonchev–Trinajstić information content (AvgIpc) is 2.48. The quantitative estimate of drug-likeness (QED) is 0.661. The molecule has 0 aliphatic rings. The first-order chi connectivity index (χ1) is 9.59. The number of carbonyl (C=O) groups is 1. The topological polar surface area (TPSA) is 66.6 Å². The van der Waals surface area contributed by atoms with Crippen molar-refractivity contribution in [2.75, 3.05) is 19.3 Å². The summed E-state index contributed by atoms with van der Waals surface area (Å²) in [6, 6.07) is 14.8. The van der Waals surface area contributed by atoms with E-state index in [0.29, 0.717) is 6.54 Å². The van der Waals surface area contributed by atoms with E-state index in [4.69, 9.17) is 5.73 Å². The van der Waals surface area contributed by atoms with Gasteiger partial charge in [-0.05, 0) is 24.1 Å². The molecule has 0 saturated heterocycles. The maximum absolute atomic E-state index is 12.2. The molecule has 2 rings (SSSR count). The van der Waals surface area contributed by atoms with Crippen molar-refractivity contribution in [3.05, 3.63) is 59.7 Å². The van der Waals surface area contributed by atoms with Crippen LogP contribution in [0.15, 0.2) is 48.5 Å². The lowest BCUT2D eigenvalue weighted by atomic mass is 10.1. The third kappa shape index (κ3) is 3.09. The number of anilines is 1. The van der Waals surface area contributed by atoms with Crippen LogP contribution < -0.4 is 5.73 Å². The predicted molar refractivity (Wildman–Crippen MR) is 79.6 cm³/mol. The van der Waals surface area contributed by atoms with E-state index in [1.54, 1.807) is 30.1 Å². The van der Waals surface area contributed by atoms with E-state index in [1.807, 2.05) is 30.3 Å². The van der Waals surface area contributed by atoms with E-state index < -0.39 is 0 Å². The van der Waals surface area contributed by atoms with Crippen molar-refractivity contribution in [3.8, 4) is 5.75 Å². The van der Waals surface area contributed by atoms with E-state index in [2.05, 4.69) is 0 Å². The zero-order valence-corrected chi connectivity index (χ0v) is 11.4. The Bertz CT molecular complexity index is 597. The Morgan fingerprint density at radius 2 is 1.85 bits per heavy atom. The van der Waals surface area contributed by atoms with Crippen molar-refractivity contribution < 1.29 is 9.90 Å². The number of nitrogens with two attached hydrogens (primary N) is 1. The molecule has 0 atom stereocenters. The Balaban J connectivity index is 2.04. The van der Waals surface area contributed by atoms with Crippen LogP contribution >= 0.6 is 0 Å². The lowest BCUT2D eigenvalue weighted by molar-refractivity contribution is 0.0793. The molecule has 0 aliphatic heterocycles. The fourth-order valence-electron chi connectivity index (χ4n) is 1.98. The molecule has 0 aliphatic carbocycles. The zero-order valence-electron chi connectivity index (χ0n) is 11.4. The summed E-state index contributed by atoms with van der Waals surface area (Å²) < 4.78 is 0. The van der Waals surface area contributed by atoms with Crippen molar-refractivity contribution >= 4 is 11.6 Å². The summed E-state index contributed by atoms with van der Waals surface area (Å²) in [5.41, 5.74) is 7.22. The molecule has 1 amide bonds. The molecular formula is C16H18N2O2. The molecule has 0 saturated carbocycles. The van der Waals surface area contributed by atoms with Gasteiger partial charge in [0, 0.05) is 13.6 Å². The summed E-state index contributed by atoms with van der Waals surface area (Å²) >= 11 is 0. The van der Waals surface area contributed by atoms with Gasteiger partial charge in [0.25, 0.3) is 5.91 Å². The van der Waals surface area contributed by atoms with E-state index in [1.165, 1.54) is 5.56 Å². The maximum atomic E-state index is 12.2. The van der Waals surface area contributed by atoms with Crippen LogP contribution in [0.4, 0.5) is 5.69 Å². The number of carbonyl (C=O) groups excluding carboxylic acids is 1. The highest BCUT2D eigenvalue weighted by atomic mass is 16.3. The highest BCUT2D eigenvalue weighted by Gasteiger charge is 2.16. The van der Waals surface area contributed by atoms with Crippen molar-refractivity contribution in [2.45, 2.75) is 6.42 Å². The fraction of sp³-hybridized carbons (Fsp3) is 0.188. The molecule has 2 aromatic rings. The monoisotopic (exact) mass is 270 g/mol. The Morgan fingerprint density at radius 3 is 2.55 bits per heavy atom. The Labute approximate surface area is 118 Å². The second kappa shape index (κ2) is 6.10. The van der Waals surface area contributed by atoms with Crippen LogP contribution in [-0.4, -0.2) is 29.5 Å². The average molecular weight is 270 g/mol. The van der Waals surface area contributed by atoms with Crippen LogP contribution in [0.1, 0.15) is 15.9 Å². The summed E-state index contributed by atoms with van der Waals surface area (Å²) in [6.07, 6.45) is 0.770. The Kier molecular flexibility index (Phi) is 4.25. The first kappa shape index (κ1) is 13.9. The van der Waals surface area contributed by atoms with Gasteiger partial charge >= 0.3 is 0 Å². The van der Waals surface area contributed by atoms with E-state index in [0.717, 1.165) is 6.42 Å². The van der Waals surface area contributed by atoms with Gasteiger partial charge in [0.15, 0.2) is 5.75 Å². The van der Waals surface area contributed by atoms with Crippen molar-refractivity contribution in [1.29, 1.82) is 0 Å². The molecule has 2 aromatic carbocycles. The Hall–Kier alpha value is -2.49. The summed E-state index contributed by atoms with van der Waals surface area (Å²) in [5.74, 6) is -0.380. The molecule has 4 nitrogen and oxygen atoms in total. The normalized spacial score (nSPS) is 10.2. The number of nitrogen functional groups attached to an aromatic ring is 1. The van der Waals surface area contributed by atoms with Gasteiger partial charge in [0.1, 0.15) is 0 Å². The number of hydrogen-bond acceptors (Lipinski definition) is 3. The van der Waals surface area contributed by atoms with Gasteiger partial charge < -0.3 is 15.7 Å². The lowest BCUT2D eigenvalue weighted by Crippen LogP contribution is -2.29. The third-order valence-electron chi connectivity index (χ3n) is 3.22. The van der Waals surface area contributed by atoms with Crippen LogP contribution in [0, 0.1) is 0 Å². The number of hydrogen-bond donors (Lipinski definition) is 2. The van der Waals surface area contributed by atoms with Crippen LogP contribution in [0.25, 0.3) is 0 Å². The van der Waals surface area contributed by atoms with Crippen LogP contribution in [-0.2, 0) is 6.42 Å². The minimum absolute atomic E-state index is 0.149. The SMILES string of the molecule is CN(CCc1ccccc1)C(=O)c1cccc(N)c1O. The van der Waals surface area contributed by atoms with Crippen molar-refractivity contribution in [1.82, 2.24) is 4.90 Å². The van der Waals surface area contributed by atoms with E-state index in [-0.39, 0.29) is 22.9 Å². The zero-order chi connectivity index (χ0) is 14.5. The van der Waals surface area contributed by atoms with Crippen LogP contribution in [0.5, 0.6) is 5.75 Å². The third-order valence-corrected chi connectivity index (χ3v) is 3.22. The van der Waals surface area contributed by atoms with Gasteiger partial charge in [-0.15, -0.1) is 0 Å². The van der Waals surface area contributed by atoms with Gasteiger partial charge in [-0.25, -0.2) is 0 Å². The minimum atomic E-state index is -0.231. The Morgan fingerprint density at radius 1 is 1.15 bits per heavy atom. The number of nitrogens with zero attached hydrogens (tertiary/aromatic N) is 1. The summed E-state index contributed by atoms with van der Waals surface area (Å²) in [6.45, 7) is 0.580. The molecule has 0 bridgehead atoms. The first-order valence-corrected chi connectivity index (χ1v) is 6.46. The first-order valence-electron chi connectivity index (χ1n) is 6.46. The van der Waals surface area contributed by atoms with Gasteiger partial charge in [0.05, 0.1) is 11.3 Å². The maximum Gasteiger partial charge on any atom is 0.257 e. The smallest absolute Gasteiger partial charge is 0.257 e. The highest BCUT2D eigenvalue weighted by Crippen LogP contribution is 2.25. The number of rotatable bonds is 4. The minimum Gasteiger partial charge on any atom is -0.505 e. The number of likely N-dealkylation sites (N-methyl/N-ethyl adjacent to an activating group) is 1. The highest BCUT2D eigenvalue weighted by molar-refractivity contribution is 5.98. The number of aromatic hydroxyl groups is 1. The summed E-state index contributed by atoms with van der Waals surface area (Å²) in [5, 5.41) is 9.83. The molecule has 20 heavy (non-hydrogen) atoms. The number of phenolic OH excluding ortho intramolecular Hbond substituents is 1. The molecule has 3 N–H and O–H groups in total. The molecule has 0 heterocycles. The fourth-order valence-corrected chi connectivity index (χ4v) is 1.98. The largest absolute Gasteiger partial charge is 0.505 e. The van der Waals surface area contributed by atoms with Gasteiger partial charge in [-0.3, -0.25) is 4.79 Å². The van der Waals surface area contributed by atoms with E-state index in [9.17, 15) is 9.90 Å². The molecule has 0 radical (unpaired) electrons. The number of amides is 1. The van der Waals surface area contributed by atoms with E-state index >= 15 is 0 Å². The number of phenols is 1. The van der Waals surface area contributed by atoms with Gasteiger partial charge in [0.2, 0.25) is 0 Å². The molecule has 0 fully saturated rings. The summed E-state index contributed by atoms with van der Waals surface area (Å²) in [7, 11) is 1.72.